The molecule has 1 N–H and O–H groups in total. The van der Waals surface area contributed by atoms with Gasteiger partial charge in [-0.25, -0.2) is 13.6 Å². The van der Waals surface area contributed by atoms with E-state index >= 15 is 0 Å². The molecule has 0 saturated carbocycles. The molecule has 98 valence electrons. The molecular weight excluding hydrogens is 230 g/mol. The number of halogens is 2. The Bertz CT molecular complexity index is 313. The minimum atomic E-state index is -2.80. The third-order valence-electron chi connectivity index (χ3n) is 2.45. The molecule has 6 heteroatoms. The molecule has 0 aromatic carbocycles. The number of hydrogen-bond donors (Lipinski definition) is 1. The van der Waals surface area contributed by atoms with E-state index in [4.69, 9.17) is 10.1 Å². The molecule has 1 heterocycles. The smallest absolute Gasteiger partial charge is 0.410 e. The normalized spacial score (nSPS) is 24.3. The van der Waals surface area contributed by atoms with E-state index in [1.54, 1.807) is 20.8 Å². The summed E-state index contributed by atoms with van der Waals surface area (Å²) in [7, 11) is 0. The van der Waals surface area contributed by atoms with Gasteiger partial charge in [0.05, 0.1) is 6.04 Å². The lowest BCUT2D eigenvalue weighted by atomic mass is 10.00. The van der Waals surface area contributed by atoms with Crippen LogP contribution >= 0.6 is 0 Å². The molecule has 1 saturated heterocycles. The number of carbonyl (C=O) groups excluding carboxylic acids is 1. The predicted molar refractivity (Wildman–Crippen MR) is 59.7 cm³/mol. The fourth-order valence-electron chi connectivity index (χ4n) is 1.66. The van der Waals surface area contributed by atoms with Crippen LogP contribution in [0.3, 0.4) is 0 Å². The zero-order valence-electron chi connectivity index (χ0n) is 10.3. The zero-order chi connectivity index (χ0) is 13.3. The maximum absolute atomic E-state index is 13.1. The number of likely N-dealkylation sites (tertiary alicyclic amines) is 1. The molecule has 0 spiro atoms. The van der Waals surface area contributed by atoms with Crippen molar-refractivity contribution in [1.29, 1.82) is 5.41 Å². The average Bonchev–Trinajstić information content (AvgIpc) is 2.13. The van der Waals surface area contributed by atoms with Gasteiger partial charge >= 0.3 is 6.09 Å². The summed E-state index contributed by atoms with van der Waals surface area (Å²) < 4.78 is 31.4. The molecule has 1 rings (SSSR count). The lowest BCUT2D eigenvalue weighted by molar-refractivity contribution is -0.0677. The van der Waals surface area contributed by atoms with E-state index in [1.807, 2.05) is 0 Å². The molecule has 1 amide bonds. The first-order valence-electron chi connectivity index (χ1n) is 5.53. The second-order valence-electron chi connectivity index (χ2n) is 5.22. The summed E-state index contributed by atoms with van der Waals surface area (Å²) in [6.07, 6.45) is -0.648. The fraction of sp³-hybridized carbons (Fsp3) is 0.818. The first kappa shape index (κ1) is 13.9. The van der Waals surface area contributed by atoms with Gasteiger partial charge in [-0.2, -0.15) is 0 Å². The van der Waals surface area contributed by atoms with Gasteiger partial charge in [-0.1, -0.05) is 0 Å². The largest absolute Gasteiger partial charge is 0.444 e. The van der Waals surface area contributed by atoms with Gasteiger partial charge < -0.3 is 10.1 Å². The summed E-state index contributed by atoms with van der Waals surface area (Å²) in [4.78, 5) is 12.9. The maximum Gasteiger partial charge on any atom is 0.410 e. The van der Waals surface area contributed by atoms with Crippen LogP contribution in [-0.4, -0.2) is 41.3 Å². The molecule has 0 aromatic rings. The Morgan fingerprint density at radius 3 is 2.59 bits per heavy atom. The Labute approximate surface area is 99.4 Å². The number of ether oxygens (including phenoxy) is 1. The lowest BCUT2D eigenvalue weighted by Gasteiger charge is -2.37. The van der Waals surface area contributed by atoms with Crippen molar-refractivity contribution in [2.24, 2.45) is 0 Å². The second kappa shape index (κ2) is 4.58. The highest BCUT2D eigenvalue weighted by Crippen LogP contribution is 2.31. The van der Waals surface area contributed by atoms with Crippen LogP contribution in [0.5, 0.6) is 0 Å². The van der Waals surface area contributed by atoms with Crippen molar-refractivity contribution in [3.63, 3.8) is 0 Å². The highest BCUT2D eigenvalue weighted by molar-refractivity contribution is 5.75. The van der Waals surface area contributed by atoms with Gasteiger partial charge in [-0.15, -0.1) is 0 Å². The molecule has 0 aromatic heterocycles. The molecule has 0 radical (unpaired) electrons. The number of hydrogen-bond acceptors (Lipinski definition) is 3. The Kier molecular flexibility index (Phi) is 3.74. The van der Waals surface area contributed by atoms with Crippen LogP contribution in [0.25, 0.3) is 0 Å². The van der Waals surface area contributed by atoms with Crippen LogP contribution in [0, 0.1) is 5.41 Å². The summed E-state index contributed by atoms with van der Waals surface area (Å²) in [6.45, 7) is 5.05. The number of amides is 1. The molecule has 0 bridgehead atoms. The Morgan fingerprint density at radius 1 is 1.53 bits per heavy atom. The van der Waals surface area contributed by atoms with Crippen molar-refractivity contribution in [3.05, 3.63) is 0 Å². The number of nitrogens with one attached hydrogen (secondary N) is 1. The van der Waals surface area contributed by atoms with Crippen LogP contribution in [0.4, 0.5) is 13.6 Å². The van der Waals surface area contributed by atoms with Crippen molar-refractivity contribution in [1.82, 2.24) is 4.90 Å². The molecule has 0 aliphatic carbocycles. The third kappa shape index (κ3) is 3.94. The standard InChI is InChI=1S/C11H18F2N2O2/c1-10(2,3)17-9(16)15-5-4-11(12,13)6-8(15)7-14/h7-8,14H,4-6H2,1-3H3. The van der Waals surface area contributed by atoms with Gasteiger partial charge in [0.15, 0.2) is 0 Å². The zero-order valence-corrected chi connectivity index (χ0v) is 10.3. The van der Waals surface area contributed by atoms with Crippen LogP contribution < -0.4 is 0 Å². The molecule has 4 nitrogen and oxygen atoms in total. The van der Waals surface area contributed by atoms with Crippen molar-refractivity contribution in [2.75, 3.05) is 6.54 Å². The van der Waals surface area contributed by atoms with Crippen molar-refractivity contribution in [2.45, 2.75) is 51.2 Å². The van der Waals surface area contributed by atoms with E-state index in [9.17, 15) is 13.6 Å². The SMILES string of the molecule is CC(C)(C)OC(=O)N1CCC(F)(F)CC1C=N. The van der Waals surface area contributed by atoms with Gasteiger partial charge in [0, 0.05) is 25.6 Å². The van der Waals surface area contributed by atoms with Crippen molar-refractivity contribution >= 4 is 12.3 Å². The van der Waals surface area contributed by atoms with Gasteiger partial charge in [0.2, 0.25) is 0 Å². The van der Waals surface area contributed by atoms with Crippen molar-refractivity contribution < 1.29 is 18.3 Å². The van der Waals surface area contributed by atoms with Crippen LogP contribution in [-0.2, 0) is 4.74 Å². The van der Waals surface area contributed by atoms with E-state index < -0.39 is 30.1 Å². The molecule has 17 heavy (non-hydrogen) atoms. The minimum Gasteiger partial charge on any atom is -0.444 e. The number of alkyl halides is 2. The quantitative estimate of drug-likeness (QED) is 0.725. The Balaban J connectivity index is 2.71. The summed E-state index contributed by atoms with van der Waals surface area (Å²) in [5.74, 6) is -2.80. The second-order valence-corrected chi connectivity index (χ2v) is 5.22. The van der Waals surface area contributed by atoms with E-state index in [0.717, 1.165) is 6.21 Å². The molecule has 1 unspecified atom stereocenters. The van der Waals surface area contributed by atoms with Gasteiger partial charge in [0.25, 0.3) is 5.92 Å². The fourth-order valence-corrected chi connectivity index (χ4v) is 1.66. The Morgan fingerprint density at radius 2 is 2.12 bits per heavy atom. The third-order valence-corrected chi connectivity index (χ3v) is 2.45. The summed E-state index contributed by atoms with van der Waals surface area (Å²) in [6, 6.07) is -0.881. The first-order chi connectivity index (χ1) is 7.64. The van der Waals surface area contributed by atoms with E-state index in [-0.39, 0.29) is 13.0 Å². The van der Waals surface area contributed by atoms with Gasteiger partial charge in [-0.05, 0) is 20.8 Å². The maximum atomic E-state index is 13.1. The Hall–Kier alpha value is -1.20. The van der Waals surface area contributed by atoms with Crippen molar-refractivity contribution in [3.8, 4) is 0 Å². The first-order valence-corrected chi connectivity index (χ1v) is 5.53. The van der Waals surface area contributed by atoms with Gasteiger partial charge in [0.1, 0.15) is 5.60 Å². The monoisotopic (exact) mass is 248 g/mol. The van der Waals surface area contributed by atoms with E-state index in [0.29, 0.717) is 0 Å². The molecule has 1 atom stereocenters. The summed E-state index contributed by atoms with van der Waals surface area (Å²) in [5.41, 5.74) is -0.663. The highest BCUT2D eigenvalue weighted by atomic mass is 19.3. The average molecular weight is 248 g/mol. The molecular formula is C11H18F2N2O2. The predicted octanol–water partition coefficient (Wildman–Crippen LogP) is 2.67. The summed E-state index contributed by atoms with van der Waals surface area (Å²) in [5, 5.41) is 7.12. The molecule has 1 fully saturated rings. The highest BCUT2D eigenvalue weighted by Gasteiger charge is 2.42. The number of nitrogens with zero attached hydrogens (tertiary/aromatic N) is 1. The topological polar surface area (TPSA) is 53.4 Å². The van der Waals surface area contributed by atoms with Gasteiger partial charge in [-0.3, -0.25) is 4.90 Å². The number of rotatable bonds is 1. The number of carbonyl (C=O) groups is 1. The lowest BCUT2D eigenvalue weighted by Crippen LogP contribution is -2.51. The van der Waals surface area contributed by atoms with Crippen LogP contribution in [0.2, 0.25) is 0 Å². The minimum absolute atomic E-state index is 0.0814. The van der Waals surface area contributed by atoms with E-state index in [2.05, 4.69) is 0 Å². The van der Waals surface area contributed by atoms with Crippen LogP contribution in [0.15, 0.2) is 0 Å². The van der Waals surface area contributed by atoms with E-state index in [1.165, 1.54) is 4.90 Å². The molecule has 1 aliphatic rings. The molecule has 1 aliphatic heterocycles. The number of piperidine rings is 1. The summed E-state index contributed by atoms with van der Waals surface area (Å²) >= 11 is 0. The van der Waals surface area contributed by atoms with Crippen LogP contribution in [0.1, 0.15) is 33.6 Å².